The Morgan fingerprint density at radius 2 is 1.68 bits per heavy atom. The number of hydrogen-bond donors (Lipinski definition) is 3. The molecule has 0 saturated heterocycles. The monoisotopic (exact) mass is 294 g/mol. The maximum Gasteiger partial charge on any atom is 0.100 e. The summed E-state index contributed by atoms with van der Waals surface area (Å²) in [6.07, 6.45) is 6.67. The zero-order chi connectivity index (χ0) is 14.3. The van der Waals surface area contributed by atoms with E-state index in [1.165, 1.54) is 38.5 Å². The van der Waals surface area contributed by atoms with E-state index in [9.17, 15) is 0 Å². The van der Waals surface area contributed by atoms with Gasteiger partial charge in [-0.25, -0.2) is 0 Å². The first-order valence-corrected chi connectivity index (χ1v) is 8.49. The van der Waals surface area contributed by atoms with E-state index in [2.05, 4.69) is 6.92 Å². The third kappa shape index (κ3) is 12.9. The van der Waals surface area contributed by atoms with E-state index < -0.39 is 6.10 Å². The van der Waals surface area contributed by atoms with E-state index >= 15 is 0 Å². The largest absolute Gasteiger partial charge is 0.394 e. The normalized spacial score (nSPS) is 14.5. The first-order valence-electron chi connectivity index (χ1n) is 7.33. The lowest BCUT2D eigenvalue weighted by Gasteiger charge is -2.16. The van der Waals surface area contributed by atoms with Gasteiger partial charge in [-0.2, -0.15) is 11.8 Å². The lowest BCUT2D eigenvalue weighted by molar-refractivity contribution is -0.0369. The van der Waals surface area contributed by atoms with Gasteiger partial charge in [0, 0.05) is 5.75 Å². The van der Waals surface area contributed by atoms with Gasteiger partial charge in [0.15, 0.2) is 0 Å². The molecule has 0 bridgehead atoms. The third-order valence-corrected chi connectivity index (χ3v) is 4.07. The molecule has 5 heteroatoms. The summed E-state index contributed by atoms with van der Waals surface area (Å²) >= 11 is 1.78. The number of rotatable bonds is 14. The number of hydrogen-bond acceptors (Lipinski definition) is 5. The molecule has 0 rings (SSSR count). The van der Waals surface area contributed by atoms with Crippen LogP contribution in [0.1, 0.15) is 45.4 Å². The van der Waals surface area contributed by atoms with E-state index in [0.29, 0.717) is 0 Å². The molecule has 19 heavy (non-hydrogen) atoms. The second-order valence-corrected chi connectivity index (χ2v) is 5.97. The predicted molar refractivity (Wildman–Crippen MR) is 80.6 cm³/mol. The van der Waals surface area contributed by atoms with Crippen molar-refractivity contribution >= 4 is 11.8 Å². The van der Waals surface area contributed by atoms with E-state index in [0.717, 1.165) is 11.5 Å². The maximum absolute atomic E-state index is 9.15. The van der Waals surface area contributed by atoms with Gasteiger partial charge in [0.1, 0.15) is 6.10 Å². The topological polar surface area (TPSA) is 69.9 Å². The highest BCUT2D eigenvalue weighted by atomic mass is 32.2. The van der Waals surface area contributed by atoms with Crippen molar-refractivity contribution in [3.05, 3.63) is 0 Å². The third-order valence-electron chi connectivity index (χ3n) is 2.88. The SMILES string of the molecule is CCCCCCCCSCC(CO)OCC(O)CO. The fraction of sp³-hybridized carbons (Fsp3) is 1.00. The van der Waals surface area contributed by atoms with E-state index in [-0.39, 0.29) is 25.9 Å². The van der Waals surface area contributed by atoms with Gasteiger partial charge in [0.2, 0.25) is 0 Å². The minimum Gasteiger partial charge on any atom is -0.394 e. The summed E-state index contributed by atoms with van der Waals surface area (Å²) < 4.78 is 5.32. The van der Waals surface area contributed by atoms with Crippen LogP contribution in [-0.4, -0.2) is 58.9 Å². The molecule has 0 aromatic heterocycles. The molecule has 2 atom stereocenters. The molecular formula is C14H30O4S. The Labute approximate surface area is 121 Å². The number of ether oxygens (including phenoxy) is 1. The Kier molecular flexibility index (Phi) is 14.7. The summed E-state index contributed by atoms with van der Waals surface area (Å²) in [6.45, 7) is 1.96. The number of unbranched alkanes of at least 4 members (excludes halogenated alkanes) is 5. The standard InChI is InChI=1S/C14H30O4S/c1-2-3-4-5-6-7-8-19-12-14(10-16)18-11-13(17)9-15/h13-17H,2-12H2,1H3. The first-order chi connectivity index (χ1) is 9.24. The quantitative estimate of drug-likeness (QED) is 0.426. The van der Waals surface area contributed by atoms with Crippen molar-refractivity contribution in [3.63, 3.8) is 0 Å². The summed E-state index contributed by atoms with van der Waals surface area (Å²) in [7, 11) is 0. The van der Waals surface area contributed by atoms with Crippen LogP contribution < -0.4 is 0 Å². The van der Waals surface area contributed by atoms with Crippen LogP contribution in [0.3, 0.4) is 0 Å². The van der Waals surface area contributed by atoms with Crippen LogP contribution in [0.4, 0.5) is 0 Å². The van der Waals surface area contributed by atoms with Gasteiger partial charge < -0.3 is 20.1 Å². The van der Waals surface area contributed by atoms with Gasteiger partial charge >= 0.3 is 0 Å². The molecular weight excluding hydrogens is 264 g/mol. The molecule has 0 saturated carbocycles. The molecule has 0 fully saturated rings. The molecule has 0 aliphatic carbocycles. The van der Waals surface area contributed by atoms with Crippen molar-refractivity contribution in [2.45, 2.75) is 57.7 Å². The fourth-order valence-electron chi connectivity index (χ4n) is 1.65. The Morgan fingerprint density at radius 1 is 1.00 bits per heavy atom. The molecule has 0 spiro atoms. The summed E-state index contributed by atoms with van der Waals surface area (Å²) in [5.74, 6) is 1.83. The highest BCUT2D eigenvalue weighted by Gasteiger charge is 2.10. The van der Waals surface area contributed by atoms with Gasteiger partial charge in [0.25, 0.3) is 0 Å². The average Bonchev–Trinajstić information content (AvgIpc) is 2.44. The molecule has 116 valence electrons. The zero-order valence-corrected chi connectivity index (χ0v) is 12.9. The van der Waals surface area contributed by atoms with Crippen LogP contribution in [0.25, 0.3) is 0 Å². The summed E-state index contributed by atoms with van der Waals surface area (Å²) in [5.41, 5.74) is 0. The summed E-state index contributed by atoms with van der Waals surface area (Å²) in [5, 5.41) is 26.9. The van der Waals surface area contributed by atoms with Crippen molar-refractivity contribution in [1.29, 1.82) is 0 Å². The Bertz CT molecular complexity index is 181. The Balaban J connectivity index is 3.36. The van der Waals surface area contributed by atoms with Gasteiger partial charge in [-0.15, -0.1) is 0 Å². The summed E-state index contributed by atoms with van der Waals surface area (Å²) in [6, 6.07) is 0. The van der Waals surface area contributed by atoms with Crippen molar-refractivity contribution in [1.82, 2.24) is 0 Å². The van der Waals surface area contributed by atoms with Gasteiger partial charge in [-0.05, 0) is 12.2 Å². The molecule has 0 heterocycles. The summed E-state index contributed by atoms with van der Waals surface area (Å²) in [4.78, 5) is 0. The van der Waals surface area contributed by atoms with E-state index in [1.54, 1.807) is 11.8 Å². The molecule has 2 unspecified atom stereocenters. The number of aliphatic hydroxyl groups is 3. The molecule has 0 aliphatic rings. The van der Waals surface area contributed by atoms with Crippen LogP contribution in [0.2, 0.25) is 0 Å². The van der Waals surface area contributed by atoms with Crippen LogP contribution in [0.15, 0.2) is 0 Å². The molecule has 3 N–H and O–H groups in total. The fourth-order valence-corrected chi connectivity index (χ4v) is 2.69. The minimum absolute atomic E-state index is 0.0400. The second kappa shape index (κ2) is 14.6. The van der Waals surface area contributed by atoms with Crippen LogP contribution >= 0.6 is 11.8 Å². The predicted octanol–water partition coefficient (Wildman–Crippen LogP) is 1.81. The zero-order valence-electron chi connectivity index (χ0n) is 12.1. The molecule has 0 amide bonds. The van der Waals surface area contributed by atoms with Gasteiger partial charge in [-0.3, -0.25) is 0 Å². The Morgan fingerprint density at radius 3 is 2.32 bits per heavy atom. The van der Waals surface area contributed by atoms with Crippen LogP contribution in [0, 0.1) is 0 Å². The average molecular weight is 294 g/mol. The first kappa shape index (κ1) is 19.2. The molecule has 4 nitrogen and oxygen atoms in total. The van der Waals surface area contributed by atoms with E-state index in [4.69, 9.17) is 20.1 Å². The lowest BCUT2D eigenvalue weighted by atomic mass is 10.1. The molecule has 0 radical (unpaired) electrons. The smallest absolute Gasteiger partial charge is 0.100 e. The molecule has 0 aromatic rings. The van der Waals surface area contributed by atoms with Crippen molar-refractivity contribution in [2.75, 3.05) is 31.3 Å². The van der Waals surface area contributed by atoms with Crippen LogP contribution in [0.5, 0.6) is 0 Å². The van der Waals surface area contributed by atoms with Crippen molar-refractivity contribution in [3.8, 4) is 0 Å². The van der Waals surface area contributed by atoms with Crippen LogP contribution in [-0.2, 0) is 4.74 Å². The number of thioether (sulfide) groups is 1. The highest BCUT2D eigenvalue weighted by molar-refractivity contribution is 7.99. The lowest BCUT2D eigenvalue weighted by Crippen LogP contribution is -2.28. The molecule has 0 aliphatic heterocycles. The second-order valence-electron chi connectivity index (χ2n) is 4.82. The molecule has 0 aromatic carbocycles. The minimum atomic E-state index is -0.849. The van der Waals surface area contributed by atoms with Gasteiger partial charge in [0.05, 0.1) is 25.9 Å². The maximum atomic E-state index is 9.15. The highest BCUT2D eigenvalue weighted by Crippen LogP contribution is 2.12. The van der Waals surface area contributed by atoms with Crippen molar-refractivity contribution < 1.29 is 20.1 Å². The number of aliphatic hydroxyl groups excluding tert-OH is 3. The Hall–Kier alpha value is 0.190. The van der Waals surface area contributed by atoms with E-state index in [1.807, 2.05) is 0 Å². The van der Waals surface area contributed by atoms with Gasteiger partial charge in [-0.1, -0.05) is 39.0 Å². The van der Waals surface area contributed by atoms with Crippen molar-refractivity contribution in [2.24, 2.45) is 0 Å².